The minimum Gasteiger partial charge on any atom is -0.410 e. The molecule has 0 bridgehead atoms. The monoisotopic (exact) mass is 359 g/mol. The molecule has 0 fully saturated rings. The molecule has 0 atom stereocenters. The van der Waals surface area contributed by atoms with Gasteiger partial charge in [-0.15, -0.1) is 21.5 Å². The molecular weight excluding hydrogens is 342 g/mol. The third-order valence-electron chi connectivity index (χ3n) is 3.33. The third kappa shape index (κ3) is 4.24. The Bertz CT molecular complexity index is 796. The maximum absolute atomic E-state index is 12.0. The molecule has 7 heteroatoms. The second kappa shape index (κ2) is 7.63. The quantitative estimate of drug-likeness (QED) is 0.649. The predicted octanol–water partition coefficient (Wildman–Crippen LogP) is 4.65. The van der Waals surface area contributed by atoms with E-state index in [1.807, 2.05) is 41.8 Å². The molecule has 124 valence electrons. The summed E-state index contributed by atoms with van der Waals surface area (Å²) < 4.78 is 5.54. The lowest BCUT2D eigenvalue weighted by Crippen LogP contribution is -2.14. The van der Waals surface area contributed by atoms with Gasteiger partial charge in [-0.05, 0) is 35.1 Å². The molecule has 1 amide bonds. The average Bonchev–Trinajstić information content (AvgIpc) is 3.25. The largest absolute Gasteiger partial charge is 0.410 e. The summed E-state index contributed by atoms with van der Waals surface area (Å²) in [5.41, 5.74) is 2.03. The van der Waals surface area contributed by atoms with Crippen LogP contribution >= 0.6 is 23.1 Å². The number of rotatable bonds is 6. The summed E-state index contributed by atoms with van der Waals surface area (Å²) in [7, 11) is 0. The molecule has 0 radical (unpaired) electrons. The van der Waals surface area contributed by atoms with E-state index in [2.05, 4.69) is 29.4 Å². The summed E-state index contributed by atoms with van der Waals surface area (Å²) in [6.45, 7) is 4.28. The minimum atomic E-state index is -0.104. The summed E-state index contributed by atoms with van der Waals surface area (Å²) in [5.74, 6) is 1.07. The zero-order valence-electron chi connectivity index (χ0n) is 13.4. The topological polar surface area (TPSA) is 68.0 Å². The normalized spacial score (nSPS) is 11.0. The van der Waals surface area contributed by atoms with Crippen LogP contribution in [0.4, 0.5) is 5.69 Å². The second-order valence-electron chi connectivity index (χ2n) is 5.46. The van der Waals surface area contributed by atoms with E-state index in [4.69, 9.17) is 4.42 Å². The third-order valence-corrected chi connectivity index (χ3v) is 5.00. The van der Waals surface area contributed by atoms with Crippen molar-refractivity contribution in [3.63, 3.8) is 0 Å². The van der Waals surface area contributed by atoms with Crippen LogP contribution in [0.2, 0.25) is 0 Å². The molecular formula is C17H17N3O2S2. The van der Waals surface area contributed by atoms with Crippen LogP contribution in [0.1, 0.15) is 25.3 Å². The Balaban J connectivity index is 1.52. The number of benzene rings is 1. The maximum Gasteiger partial charge on any atom is 0.277 e. The Morgan fingerprint density at radius 3 is 2.71 bits per heavy atom. The molecule has 0 spiro atoms. The molecule has 0 aliphatic carbocycles. The summed E-state index contributed by atoms with van der Waals surface area (Å²) in [4.78, 5) is 12.9. The van der Waals surface area contributed by atoms with E-state index in [0.717, 1.165) is 10.6 Å². The molecule has 5 nitrogen and oxygen atoms in total. The molecule has 2 aromatic heterocycles. The van der Waals surface area contributed by atoms with E-state index in [0.29, 0.717) is 17.0 Å². The fraction of sp³-hybridized carbons (Fsp3) is 0.235. The van der Waals surface area contributed by atoms with Crippen LogP contribution in [0, 0.1) is 0 Å². The van der Waals surface area contributed by atoms with Crippen molar-refractivity contribution in [3.8, 4) is 10.8 Å². The van der Waals surface area contributed by atoms with Gasteiger partial charge in [0.05, 0.1) is 10.6 Å². The summed E-state index contributed by atoms with van der Waals surface area (Å²) >= 11 is 2.76. The second-order valence-corrected chi connectivity index (χ2v) is 7.34. The first-order valence-corrected chi connectivity index (χ1v) is 9.38. The van der Waals surface area contributed by atoms with E-state index < -0.39 is 0 Å². The van der Waals surface area contributed by atoms with Gasteiger partial charge in [-0.25, -0.2) is 0 Å². The lowest BCUT2D eigenvalue weighted by molar-refractivity contribution is -0.113. The lowest BCUT2D eigenvalue weighted by atomic mass is 10.0. The van der Waals surface area contributed by atoms with Gasteiger partial charge in [-0.2, -0.15) is 0 Å². The van der Waals surface area contributed by atoms with Crippen LogP contribution in [0.3, 0.4) is 0 Å². The summed E-state index contributed by atoms with van der Waals surface area (Å²) in [6.07, 6.45) is 0. The Labute approximate surface area is 148 Å². The van der Waals surface area contributed by atoms with E-state index in [1.165, 1.54) is 28.7 Å². The Morgan fingerprint density at radius 1 is 1.25 bits per heavy atom. The summed E-state index contributed by atoms with van der Waals surface area (Å²) in [5, 5.41) is 13.1. The first-order valence-electron chi connectivity index (χ1n) is 7.52. The number of thioether (sulfide) groups is 1. The SMILES string of the molecule is CC(C)c1ccc(NC(=O)CSc2nnc(-c3cccs3)o2)cc1. The number of hydrogen-bond acceptors (Lipinski definition) is 6. The number of amides is 1. The maximum atomic E-state index is 12.0. The molecule has 3 rings (SSSR count). The van der Waals surface area contributed by atoms with Crippen LogP contribution in [0.25, 0.3) is 10.8 Å². The Hall–Kier alpha value is -2.12. The first-order chi connectivity index (χ1) is 11.6. The molecule has 24 heavy (non-hydrogen) atoms. The van der Waals surface area contributed by atoms with Gasteiger partial charge >= 0.3 is 0 Å². The van der Waals surface area contributed by atoms with Gasteiger partial charge in [0.1, 0.15) is 0 Å². The highest BCUT2D eigenvalue weighted by Gasteiger charge is 2.12. The van der Waals surface area contributed by atoms with Gasteiger partial charge in [0, 0.05) is 5.69 Å². The van der Waals surface area contributed by atoms with Gasteiger partial charge in [-0.3, -0.25) is 4.79 Å². The van der Waals surface area contributed by atoms with Crippen molar-refractivity contribution >= 4 is 34.7 Å². The Kier molecular flexibility index (Phi) is 5.32. The highest BCUT2D eigenvalue weighted by Crippen LogP contribution is 2.26. The number of nitrogens with one attached hydrogen (secondary N) is 1. The smallest absolute Gasteiger partial charge is 0.277 e. The van der Waals surface area contributed by atoms with Crippen LogP contribution < -0.4 is 5.32 Å². The highest BCUT2D eigenvalue weighted by molar-refractivity contribution is 7.99. The fourth-order valence-corrected chi connectivity index (χ4v) is 3.25. The van der Waals surface area contributed by atoms with Crippen molar-refractivity contribution in [1.29, 1.82) is 0 Å². The highest BCUT2D eigenvalue weighted by atomic mass is 32.2. The number of aromatic nitrogens is 2. The number of anilines is 1. The van der Waals surface area contributed by atoms with Crippen LogP contribution in [0.15, 0.2) is 51.4 Å². The van der Waals surface area contributed by atoms with E-state index in [-0.39, 0.29) is 11.7 Å². The van der Waals surface area contributed by atoms with Crippen molar-refractivity contribution in [2.45, 2.75) is 25.0 Å². The van der Waals surface area contributed by atoms with Gasteiger partial charge in [0.15, 0.2) is 0 Å². The number of carbonyl (C=O) groups excluding carboxylic acids is 1. The zero-order valence-corrected chi connectivity index (χ0v) is 15.0. The molecule has 1 aromatic carbocycles. The molecule has 0 aliphatic rings. The predicted molar refractivity (Wildman–Crippen MR) is 97.5 cm³/mol. The zero-order chi connectivity index (χ0) is 16.9. The Morgan fingerprint density at radius 2 is 2.04 bits per heavy atom. The number of carbonyl (C=O) groups is 1. The van der Waals surface area contributed by atoms with Crippen molar-refractivity contribution in [2.24, 2.45) is 0 Å². The molecule has 3 aromatic rings. The summed E-state index contributed by atoms with van der Waals surface area (Å²) in [6, 6.07) is 11.7. The van der Waals surface area contributed by atoms with E-state index >= 15 is 0 Å². The average molecular weight is 359 g/mol. The minimum absolute atomic E-state index is 0.104. The molecule has 0 aliphatic heterocycles. The van der Waals surface area contributed by atoms with Gasteiger partial charge < -0.3 is 9.73 Å². The lowest BCUT2D eigenvalue weighted by Gasteiger charge is -2.07. The van der Waals surface area contributed by atoms with Crippen LogP contribution in [-0.2, 0) is 4.79 Å². The van der Waals surface area contributed by atoms with Crippen molar-refractivity contribution in [2.75, 3.05) is 11.1 Å². The van der Waals surface area contributed by atoms with Gasteiger partial charge in [0.2, 0.25) is 5.91 Å². The van der Waals surface area contributed by atoms with E-state index in [1.54, 1.807) is 0 Å². The van der Waals surface area contributed by atoms with Gasteiger partial charge in [0.25, 0.3) is 11.1 Å². The molecule has 0 unspecified atom stereocenters. The molecule has 1 N–H and O–H groups in total. The first kappa shape index (κ1) is 16.7. The van der Waals surface area contributed by atoms with Crippen molar-refractivity contribution in [1.82, 2.24) is 10.2 Å². The van der Waals surface area contributed by atoms with Crippen molar-refractivity contribution in [3.05, 3.63) is 47.3 Å². The van der Waals surface area contributed by atoms with E-state index in [9.17, 15) is 4.79 Å². The molecule has 2 heterocycles. The van der Waals surface area contributed by atoms with Gasteiger partial charge in [-0.1, -0.05) is 43.8 Å². The molecule has 0 saturated heterocycles. The van der Waals surface area contributed by atoms with Crippen LogP contribution in [-0.4, -0.2) is 21.9 Å². The standard InChI is InChI=1S/C17H17N3O2S2/c1-11(2)12-5-7-13(8-6-12)18-15(21)10-24-17-20-19-16(22-17)14-4-3-9-23-14/h3-9,11H,10H2,1-2H3,(H,18,21). The number of thiophene rings is 1. The number of hydrogen-bond donors (Lipinski definition) is 1. The fourth-order valence-electron chi connectivity index (χ4n) is 2.04. The molecule has 0 saturated carbocycles. The van der Waals surface area contributed by atoms with Crippen molar-refractivity contribution < 1.29 is 9.21 Å². The van der Waals surface area contributed by atoms with Crippen LogP contribution in [0.5, 0.6) is 0 Å². The number of nitrogens with zero attached hydrogens (tertiary/aromatic N) is 2.